The Morgan fingerprint density at radius 1 is 1.09 bits per heavy atom. The first kappa shape index (κ1) is 18.4. The van der Waals surface area contributed by atoms with Crippen molar-refractivity contribution in [2.24, 2.45) is 0 Å². The van der Waals surface area contributed by atoms with Crippen molar-refractivity contribution in [2.75, 3.05) is 7.11 Å². The summed E-state index contributed by atoms with van der Waals surface area (Å²) in [4.78, 5) is 8.61. The predicted molar refractivity (Wildman–Crippen MR) is 97.1 cm³/mol. The maximum absolute atomic E-state index is 6.20. The fourth-order valence-electron chi connectivity index (χ4n) is 1.78. The molecule has 22 heavy (non-hydrogen) atoms. The zero-order valence-electron chi connectivity index (χ0n) is 13.6. The summed E-state index contributed by atoms with van der Waals surface area (Å²) in [5.41, 5.74) is 0.788. The zero-order chi connectivity index (χ0) is 16.5. The number of rotatable bonds is 2. The van der Waals surface area contributed by atoms with Gasteiger partial charge in [0.1, 0.15) is 21.6 Å². The van der Waals surface area contributed by atoms with Crippen LogP contribution in [0.4, 0.5) is 0 Å². The first-order valence-corrected chi connectivity index (χ1v) is 8.58. The Labute approximate surface area is 141 Å². The molecule has 5 heteroatoms. The van der Waals surface area contributed by atoms with Gasteiger partial charge in [0.25, 0.3) is 0 Å². The fraction of sp³-hybridized carbons (Fsp3) is 0.294. The van der Waals surface area contributed by atoms with Crippen molar-refractivity contribution in [1.29, 1.82) is 0 Å². The second kappa shape index (κ2) is 9.38. The van der Waals surface area contributed by atoms with Crippen molar-refractivity contribution in [3.8, 4) is 16.5 Å². The third-order valence-corrected chi connectivity index (χ3v) is 3.73. The monoisotopic (exact) mass is 336 g/mol. The summed E-state index contributed by atoms with van der Waals surface area (Å²) < 4.78 is 5.22. The third kappa shape index (κ3) is 4.18. The lowest BCUT2D eigenvalue weighted by Gasteiger charge is -2.05. The quantitative estimate of drug-likeness (QED) is 0.532. The van der Waals surface area contributed by atoms with Gasteiger partial charge in [-0.05, 0) is 29.7 Å². The highest BCUT2D eigenvalue weighted by Crippen LogP contribution is 2.30. The van der Waals surface area contributed by atoms with Gasteiger partial charge in [0, 0.05) is 17.0 Å². The Morgan fingerprint density at radius 2 is 1.82 bits per heavy atom. The number of benzene rings is 1. The number of halogens is 1. The molecule has 0 fully saturated rings. The molecule has 0 saturated heterocycles. The molecule has 0 N–H and O–H groups in total. The molecule has 0 radical (unpaired) electrons. The summed E-state index contributed by atoms with van der Waals surface area (Å²) in [7, 11) is 1.64. The highest BCUT2D eigenvalue weighted by molar-refractivity contribution is 7.13. The number of methoxy groups -OCH3 is 1. The highest BCUT2D eigenvalue weighted by atomic mass is 35.5. The molecular formula is C17H21ClN2OS. The number of pyridine rings is 1. The zero-order valence-corrected chi connectivity index (χ0v) is 15.1. The summed E-state index contributed by atoms with van der Waals surface area (Å²) in [6.45, 7) is 8.00. The van der Waals surface area contributed by atoms with Crippen LogP contribution < -0.4 is 4.74 Å². The Morgan fingerprint density at radius 3 is 2.41 bits per heavy atom. The largest absolute Gasteiger partial charge is 0.497 e. The fourth-order valence-corrected chi connectivity index (χ4v) is 2.64. The molecule has 0 bridgehead atoms. The van der Waals surface area contributed by atoms with E-state index in [1.54, 1.807) is 13.3 Å². The number of ether oxygens (including phenoxy) is 1. The Balaban J connectivity index is 0.000000561. The molecule has 0 amide bonds. The van der Waals surface area contributed by atoms with E-state index in [0.717, 1.165) is 27.2 Å². The smallest absolute Gasteiger partial charge is 0.141 e. The minimum atomic E-state index is 0.486. The van der Waals surface area contributed by atoms with Gasteiger partial charge in [-0.15, -0.1) is 11.3 Å². The lowest BCUT2D eigenvalue weighted by atomic mass is 10.1. The highest BCUT2D eigenvalue weighted by Gasteiger charge is 2.08. The molecular weight excluding hydrogens is 316 g/mol. The van der Waals surface area contributed by atoms with Crippen LogP contribution in [0.5, 0.6) is 5.75 Å². The average Bonchev–Trinajstić information content (AvgIpc) is 3.12. The maximum Gasteiger partial charge on any atom is 0.141 e. The van der Waals surface area contributed by atoms with Gasteiger partial charge in [-0.3, -0.25) is 0 Å². The first-order chi connectivity index (χ1) is 10.8. The summed E-state index contributed by atoms with van der Waals surface area (Å²) >= 11 is 7.74. The lowest BCUT2D eigenvalue weighted by molar-refractivity contribution is 0.415. The summed E-state index contributed by atoms with van der Waals surface area (Å²) in [5.74, 6) is 0.801. The molecule has 3 nitrogen and oxygen atoms in total. The Bertz CT molecular complexity index is 699. The van der Waals surface area contributed by atoms with Gasteiger partial charge in [-0.1, -0.05) is 39.3 Å². The normalized spacial score (nSPS) is 9.36. The second-order valence-corrected chi connectivity index (χ2v) is 4.98. The number of hydrogen-bond donors (Lipinski definition) is 0. The number of fused-ring (bicyclic) bond motifs is 1. The molecule has 0 saturated carbocycles. The van der Waals surface area contributed by atoms with E-state index < -0.39 is 0 Å². The van der Waals surface area contributed by atoms with Gasteiger partial charge in [0.15, 0.2) is 0 Å². The summed E-state index contributed by atoms with van der Waals surface area (Å²) in [6.07, 6.45) is 1.76. The van der Waals surface area contributed by atoms with Crippen molar-refractivity contribution >= 4 is 33.7 Å². The second-order valence-electron chi connectivity index (χ2n) is 3.72. The van der Waals surface area contributed by atoms with Crippen LogP contribution in [0.3, 0.4) is 0 Å². The van der Waals surface area contributed by atoms with Crippen molar-refractivity contribution in [1.82, 2.24) is 9.97 Å². The van der Waals surface area contributed by atoms with Gasteiger partial charge in [-0.2, -0.15) is 0 Å². The minimum Gasteiger partial charge on any atom is -0.497 e. The predicted octanol–water partition coefficient (Wildman–Crippen LogP) is 6.07. The van der Waals surface area contributed by atoms with Gasteiger partial charge in [0.05, 0.1) is 7.11 Å². The van der Waals surface area contributed by atoms with E-state index in [1.807, 2.05) is 57.3 Å². The van der Waals surface area contributed by atoms with Crippen LogP contribution in [0.2, 0.25) is 5.15 Å². The van der Waals surface area contributed by atoms with Gasteiger partial charge < -0.3 is 4.74 Å². The molecule has 3 aromatic rings. The first-order valence-electron chi connectivity index (χ1n) is 7.32. The molecule has 1 aromatic carbocycles. The van der Waals surface area contributed by atoms with E-state index in [4.69, 9.17) is 16.3 Å². The van der Waals surface area contributed by atoms with Crippen LogP contribution in [0.1, 0.15) is 27.7 Å². The van der Waals surface area contributed by atoms with Gasteiger partial charge in [0.2, 0.25) is 0 Å². The molecule has 0 unspecified atom stereocenters. The van der Waals surface area contributed by atoms with Crippen molar-refractivity contribution in [3.63, 3.8) is 0 Å². The summed E-state index contributed by atoms with van der Waals surface area (Å²) in [5, 5.41) is 5.18. The molecule has 2 aromatic heterocycles. The molecule has 3 rings (SSSR count). The van der Waals surface area contributed by atoms with Crippen molar-refractivity contribution < 1.29 is 4.74 Å². The molecule has 2 heterocycles. The summed E-state index contributed by atoms with van der Waals surface area (Å²) in [6, 6.07) is 7.71. The van der Waals surface area contributed by atoms with Crippen LogP contribution in [0.15, 0.2) is 35.8 Å². The van der Waals surface area contributed by atoms with E-state index in [2.05, 4.69) is 9.97 Å². The van der Waals surface area contributed by atoms with Crippen LogP contribution in [-0.4, -0.2) is 17.1 Å². The van der Waals surface area contributed by atoms with Crippen LogP contribution >= 0.6 is 22.9 Å². The number of aromatic nitrogens is 2. The van der Waals surface area contributed by atoms with Crippen LogP contribution in [0.25, 0.3) is 21.5 Å². The number of thiazole rings is 1. The Hall–Kier alpha value is -1.65. The van der Waals surface area contributed by atoms with Gasteiger partial charge >= 0.3 is 0 Å². The van der Waals surface area contributed by atoms with E-state index in [0.29, 0.717) is 5.15 Å². The molecule has 0 aliphatic heterocycles. The SMILES string of the molecule is CC.CC.COc1ccc2c(Cl)nc(-c3nccs3)cc2c1. The average molecular weight is 337 g/mol. The maximum atomic E-state index is 6.20. The van der Waals surface area contributed by atoms with Crippen molar-refractivity contribution in [3.05, 3.63) is 41.0 Å². The molecule has 0 aliphatic rings. The molecule has 0 aliphatic carbocycles. The lowest BCUT2D eigenvalue weighted by Crippen LogP contribution is -1.87. The molecule has 0 spiro atoms. The van der Waals surface area contributed by atoms with Crippen LogP contribution in [-0.2, 0) is 0 Å². The van der Waals surface area contributed by atoms with Crippen LogP contribution in [0, 0.1) is 0 Å². The number of nitrogens with zero attached hydrogens (tertiary/aromatic N) is 2. The topological polar surface area (TPSA) is 35.0 Å². The van der Waals surface area contributed by atoms with E-state index in [-0.39, 0.29) is 0 Å². The van der Waals surface area contributed by atoms with Gasteiger partial charge in [-0.25, -0.2) is 9.97 Å². The third-order valence-electron chi connectivity index (χ3n) is 2.64. The Kier molecular flexibility index (Phi) is 7.85. The van der Waals surface area contributed by atoms with E-state index in [1.165, 1.54) is 11.3 Å². The number of hydrogen-bond acceptors (Lipinski definition) is 4. The van der Waals surface area contributed by atoms with Crippen molar-refractivity contribution in [2.45, 2.75) is 27.7 Å². The standard InChI is InChI=1S/C13H9ClN2OS.2C2H6/c1-17-9-2-3-10-8(6-9)7-11(16-12(10)14)13-15-4-5-18-13;2*1-2/h2-7H,1H3;2*1-2H3. The van der Waals surface area contributed by atoms with E-state index in [9.17, 15) is 0 Å². The van der Waals surface area contributed by atoms with E-state index >= 15 is 0 Å². The minimum absolute atomic E-state index is 0.486. The molecule has 118 valence electrons. The molecule has 0 atom stereocenters.